The number of carbonyl (C=O) groups is 1. The van der Waals surface area contributed by atoms with Crippen LogP contribution in [0.25, 0.3) is 0 Å². The molecule has 1 unspecified atom stereocenters. The zero-order valence-electron chi connectivity index (χ0n) is 19.3. The third-order valence-electron chi connectivity index (χ3n) is 5.72. The maximum Gasteiger partial charge on any atom is 0.355 e. The molecule has 0 N–H and O–H groups in total. The lowest BCUT2D eigenvalue weighted by Gasteiger charge is -2.33. The van der Waals surface area contributed by atoms with E-state index < -0.39 is 21.7 Å². The van der Waals surface area contributed by atoms with E-state index in [1.54, 1.807) is 80.8 Å². The fourth-order valence-electron chi connectivity index (χ4n) is 3.95. The van der Waals surface area contributed by atoms with Crippen LogP contribution in [0.1, 0.15) is 23.6 Å². The Labute approximate surface area is 199 Å². The van der Waals surface area contributed by atoms with Gasteiger partial charge in [-0.05, 0) is 55.8 Å². The Bertz CT molecular complexity index is 1300. The number of sulfonamides is 1. The van der Waals surface area contributed by atoms with Crippen LogP contribution in [-0.4, -0.2) is 44.7 Å². The predicted molar refractivity (Wildman–Crippen MR) is 129 cm³/mol. The molecule has 8 heteroatoms. The Morgan fingerprint density at radius 2 is 1.65 bits per heavy atom. The highest BCUT2D eigenvalue weighted by molar-refractivity contribution is 7.89. The number of hydrogen-bond acceptors (Lipinski definition) is 6. The molecule has 1 aliphatic rings. The van der Waals surface area contributed by atoms with E-state index in [4.69, 9.17) is 14.5 Å². The van der Waals surface area contributed by atoms with Crippen LogP contribution in [0.3, 0.4) is 0 Å². The van der Waals surface area contributed by atoms with Gasteiger partial charge in [-0.3, -0.25) is 0 Å². The van der Waals surface area contributed by atoms with Crippen LogP contribution in [0.15, 0.2) is 88.8 Å². The summed E-state index contributed by atoms with van der Waals surface area (Å²) in [4.78, 5) is 18.4. The van der Waals surface area contributed by atoms with Crippen LogP contribution in [0.4, 0.5) is 0 Å². The van der Waals surface area contributed by atoms with Crippen LogP contribution >= 0.6 is 0 Å². The van der Waals surface area contributed by atoms with Gasteiger partial charge in [0.15, 0.2) is 0 Å². The smallest absolute Gasteiger partial charge is 0.355 e. The van der Waals surface area contributed by atoms with Gasteiger partial charge in [-0.15, -0.1) is 0 Å². The highest BCUT2D eigenvalue weighted by atomic mass is 32.2. The first-order valence-electron chi connectivity index (χ1n) is 10.9. The standard InChI is InChI=1S/C26H26N2O5S/c1-4-33-25(29)26(21-8-6-5-7-9-21)27-24(20-12-14-22(32-3)15-13-20)18-28(26)34(30,31)23-16-10-19(2)11-17-23/h5-17H,4,18H2,1-3H3. The zero-order valence-corrected chi connectivity index (χ0v) is 20.1. The minimum Gasteiger partial charge on any atom is -0.497 e. The third-order valence-corrected chi connectivity index (χ3v) is 7.56. The van der Waals surface area contributed by atoms with Crippen molar-refractivity contribution in [1.82, 2.24) is 4.31 Å². The first-order valence-corrected chi connectivity index (χ1v) is 12.3. The van der Waals surface area contributed by atoms with Crippen LogP contribution in [-0.2, 0) is 25.2 Å². The van der Waals surface area contributed by atoms with Crippen molar-refractivity contribution in [3.05, 3.63) is 95.6 Å². The number of hydrogen-bond donors (Lipinski definition) is 0. The number of ether oxygens (including phenoxy) is 2. The second-order valence-corrected chi connectivity index (χ2v) is 9.73. The molecule has 0 radical (unpaired) electrons. The number of aliphatic imine (C=N–C) groups is 1. The average molecular weight is 479 g/mol. The summed E-state index contributed by atoms with van der Waals surface area (Å²) in [6.07, 6.45) is 0. The molecule has 0 aliphatic carbocycles. The van der Waals surface area contributed by atoms with Crippen molar-refractivity contribution in [3.8, 4) is 5.75 Å². The van der Waals surface area contributed by atoms with Gasteiger partial charge in [-0.2, -0.15) is 4.31 Å². The van der Waals surface area contributed by atoms with Gasteiger partial charge >= 0.3 is 5.97 Å². The van der Waals surface area contributed by atoms with Crippen molar-refractivity contribution in [2.75, 3.05) is 20.3 Å². The predicted octanol–water partition coefficient (Wildman–Crippen LogP) is 3.91. The Morgan fingerprint density at radius 3 is 2.24 bits per heavy atom. The largest absolute Gasteiger partial charge is 0.497 e. The Morgan fingerprint density at radius 1 is 1.00 bits per heavy atom. The van der Waals surface area contributed by atoms with Gasteiger partial charge in [0.1, 0.15) is 5.75 Å². The lowest BCUT2D eigenvalue weighted by atomic mass is 10.0. The minimum atomic E-state index is -4.14. The number of aryl methyl sites for hydroxylation is 1. The maximum atomic E-state index is 13.9. The van der Waals surface area contributed by atoms with E-state index in [1.807, 2.05) is 6.92 Å². The molecule has 3 aromatic rings. The molecular weight excluding hydrogens is 452 g/mol. The van der Waals surface area contributed by atoms with E-state index >= 15 is 0 Å². The second-order valence-electron chi connectivity index (χ2n) is 7.87. The Kier molecular flexibility index (Phi) is 6.54. The normalized spacial score (nSPS) is 18.4. The second kappa shape index (κ2) is 9.40. The van der Waals surface area contributed by atoms with E-state index in [9.17, 15) is 13.2 Å². The van der Waals surface area contributed by atoms with E-state index in [1.165, 1.54) is 12.1 Å². The van der Waals surface area contributed by atoms with Crippen molar-refractivity contribution >= 4 is 21.7 Å². The molecule has 0 amide bonds. The van der Waals surface area contributed by atoms with Crippen molar-refractivity contribution in [2.24, 2.45) is 4.99 Å². The van der Waals surface area contributed by atoms with Gasteiger partial charge in [-0.25, -0.2) is 18.2 Å². The molecule has 0 bridgehead atoms. The lowest BCUT2D eigenvalue weighted by molar-refractivity contribution is -0.154. The average Bonchev–Trinajstić information content (AvgIpc) is 3.28. The highest BCUT2D eigenvalue weighted by Crippen LogP contribution is 2.41. The molecule has 34 heavy (non-hydrogen) atoms. The summed E-state index contributed by atoms with van der Waals surface area (Å²) in [5.41, 5.74) is 0.584. The van der Waals surface area contributed by atoms with Crippen LogP contribution in [0, 0.1) is 6.92 Å². The molecule has 0 saturated heterocycles. The molecule has 1 aliphatic heterocycles. The van der Waals surface area contributed by atoms with E-state index in [-0.39, 0.29) is 18.0 Å². The number of methoxy groups -OCH3 is 1. The van der Waals surface area contributed by atoms with Gasteiger partial charge in [0, 0.05) is 5.56 Å². The van der Waals surface area contributed by atoms with Crippen molar-refractivity contribution in [1.29, 1.82) is 0 Å². The van der Waals surface area contributed by atoms with Crippen LogP contribution in [0.2, 0.25) is 0 Å². The van der Waals surface area contributed by atoms with E-state index in [0.29, 0.717) is 22.6 Å². The Balaban J connectivity index is 1.94. The van der Waals surface area contributed by atoms with Crippen LogP contribution in [0.5, 0.6) is 5.75 Å². The van der Waals surface area contributed by atoms with Gasteiger partial charge in [0.05, 0.1) is 30.9 Å². The van der Waals surface area contributed by atoms with E-state index in [0.717, 1.165) is 9.87 Å². The summed E-state index contributed by atoms with van der Waals surface area (Å²) in [6.45, 7) is 3.54. The van der Waals surface area contributed by atoms with Gasteiger partial charge in [-0.1, -0.05) is 48.0 Å². The first-order chi connectivity index (χ1) is 16.3. The number of rotatable bonds is 7. The molecular formula is C26H26N2O5S. The summed E-state index contributed by atoms with van der Waals surface area (Å²) in [6, 6.07) is 22.3. The molecule has 7 nitrogen and oxygen atoms in total. The third kappa shape index (κ3) is 4.10. The summed E-state index contributed by atoms with van der Waals surface area (Å²) in [7, 11) is -2.57. The molecule has 1 heterocycles. The molecule has 176 valence electrons. The van der Waals surface area contributed by atoms with Crippen molar-refractivity contribution in [3.63, 3.8) is 0 Å². The fraction of sp³-hybridized carbons (Fsp3) is 0.231. The molecule has 0 saturated carbocycles. The molecule has 0 spiro atoms. The van der Waals surface area contributed by atoms with E-state index in [2.05, 4.69) is 0 Å². The topological polar surface area (TPSA) is 85.3 Å². The number of nitrogens with zero attached hydrogens (tertiary/aromatic N) is 2. The fourth-order valence-corrected chi connectivity index (χ4v) is 5.54. The molecule has 0 fully saturated rings. The zero-order chi connectivity index (χ0) is 24.3. The molecule has 4 rings (SSSR count). The SMILES string of the molecule is CCOC(=O)C1(c2ccccc2)N=C(c2ccc(OC)cc2)CN1S(=O)(=O)c1ccc(C)cc1. The monoisotopic (exact) mass is 478 g/mol. The summed E-state index contributed by atoms with van der Waals surface area (Å²) >= 11 is 0. The quantitative estimate of drug-likeness (QED) is 0.481. The number of benzene rings is 3. The van der Waals surface area contributed by atoms with Gasteiger partial charge in [0.2, 0.25) is 10.0 Å². The summed E-state index contributed by atoms with van der Waals surface area (Å²) in [5.74, 6) is -0.0911. The Hall–Kier alpha value is -3.49. The minimum absolute atomic E-state index is 0.0777. The van der Waals surface area contributed by atoms with Crippen LogP contribution < -0.4 is 4.74 Å². The van der Waals surface area contributed by atoms with Gasteiger partial charge < -0.3 is 9.47 Å². The summed E-state index contributed by atoms with van der Waals surface area (Å²) < 4.78 is 39.7. The molecule has 3 aromatic carbocycles. The van der Waals surface area contributed by atoms with Crippen molar-refractivity contribution in [2.45, 2.75) is 24.4 Å². The first kappa shape index (κ1) is 23.7. The highest BCUT2D eigenvalue weighted by Gasteiger charge is 2.56. The van der Waals surface area contributed by atoms with Gasteiger partial charge in [0.25, 0.3) is 5.66 Å². The van der Waals surface area contributed by atoms with Crippen molar-refractivity contribution < 1.29 is 22.7 Å². The number of carbonyl (C=O) groups excluding carboxylic acids is 1. The number of esters is 1. The lowest BCUT2D eigenvalue weighted by Crippen LogP contribution is -2.51. The summed E-state index contributed by atoms with van der Waals surface area (Å²) in [5, 5.41) is 0. The molecule has 0 aromatic heterocycles. The molecule has 1 atom stereocenters. The maximum absolute atomic E-state index is 13.9.